The Morgan fingerprint density at radius 2 is 0.673 bits per heavy atom. The lowest BCUT2D eigenvalue weighted by Crippen LogP contribution is -2.16. The van der Waals surface area contributed by atoms with E-state index in [9.17, 15) is 40.5 Å². The van der Waals surface area contributed by atoms with Crippen molar-refractivity contribution in [3.05, 3.63) is 76.9 Å². The minimum Gasteiger partial charge on any atom is -0.377 e. The van der Waals surface area contributed by atoms with Crippen LogP contribution in [0.2, 0.25) is 0 Å². The predicted octanol–water partition coefficient (Wildman–Crippen LogP) is 2.96. The third kappa shape index (κ3) is 17.4. The third-order valence-electron chi connectivity index (χ3n) is 6.13. The van der Waals surface area contributed by atoms with Crippen molar-refractivity contribution >= 4 is 34.1 Å². The van der Waals surface area contributed by atoms with Gasteiger partial charge in [0.15, 0.2) is 0 Å². The van der Waals surface area contributed by atoms with Crippen molar-refractivity contribution in [1.29, 1.82) is 0 Å². The number of rotatable bonds is 30. The van der Waals surface area contributed by atoms with Crippen LogP contribution in [0.25, 0.3) is 0 Å². The maximum atomic E-state index is 11.1. The van der Waals surface area contributed by atoms with E-state index in [2.05, 4.69) is 10.6 Å². The molecular formula is C28H40N6O15. The normalized spacial score (nSPS) is 10.9. The van der Waals surface area contributed by atoms with Gasteiger partial charge in [0.25, 0.3) is 22.7 Å². The summed E-state index contributed by atoms with van der Waals surface area (Å²) in [5.41, 5.74) is -1.15. The van der Waals surface area contributed by atoms with Crippen LogP contribution < -0.4 is 10.6 Å². The van der Waals surface area contributed by atoms with Crippen LogP contribution in [0, 0.1) is 40.5 Å². The van der Waals surface area contributed by atoms with Gasteiger partial charge in [-0.15, -0.1) is 0 Å². The Morgan fingerprint density at radius 1 is 0.408 bits per heavy atom. The Morgan fingerprint density at radius 3 is 0.918 bits per heavy atom. The highest BCUT2D eigenvalue weighted by Crippen LogP contribution is 2.29. The second kappa shape index (κ2) is 24.5. The van der Waals surface area contributed by atoms with E-state index in [-0.39, 0.29) is 60.4 Å². The van der Waals surface area contributed by atoms with Crippen molar-refractivity contribution in [2.75, 3.05) is 116 Å². The van der Waals surface area contributed by atoms with Gasteiger partial charge >= 0.3 is 0 Å². The van der Waals surface area contributed by atoms with Gasteiger partial charge < -0.3 is 43.8 Å². The maximum absolute atomic E-state index is 11.1. The van der Waals surface area contributed by atoms with Gasteiger partial charge in [0.1, 0.15) is 11.4 Å². The number of non-ortho nitro benzene ring substituents is 2. The van der Waals surface area contributed by atoms with E-state index < -0.39 is 19.7 Å². The number of nitro groups is 4. The number of nitrogens with one attached hydrogen (secondary N) is 2. The molecule has 0 saturated carbocycles. The number of benzene rings is 2. The summed E-state index contributed by atoms with van der Waals surface area (Å²) < 4.78 is 37.8. The molecule has 2 aromatic carbocycles. The molecule has 49 heavy (non-hydrogen) atoms. The summed E-state index contributed by atoms with van der Waals surface area (Å²) in [5, 5.41) is 49.5. The molecule has 0 bridgehead atoms. The molecule has 0 heterocycles. The first-order valence-electron chi connectivity index (χ1n) is 15.1. The molecule has 0 radical (unpaired) electrons. The third-order valence-corrected chi connectivity index (χ3v) is 6.13. The summed E-state index contributed by atoms with van der Waals surface area (Å²) in [7, 11) is 0. The van der Waals surface area contributed by atoms with Crippen molar-refractivity contribution in [1.82, 2.24) is 0 Å². The highest BCUT2D eigenvalue weighted by Gasteiger charge is 2.20. The minimum atomic E-state index is -0.695. The fraction of sp³-hybridized carbons (Fsp3) is 0.571. The van der Waals surface area contributed by atoms with Gasteiger partial charge in [0, 0.05) is 25.2 Å². The van der Waals surface area contributed by atoms with E-state index in [1.165, 1.54) is 24.3 Å². The van der Waals surface area contributed by atoms with Crippen LogP contribution in [0.4, 0.5) is 34.1 Å². The van der Waals surface area contributed by atoms with Crippen LogP contribution in [0.3, 0.4) is 0 Å². The summed E-state index contributed by atoms with van der Waals surface area (Å²) >= 11 is 0. The second-order valence-electron chi connectivity index (χ2n) is 9.57. The van der Waals surface area contributed by atoms with Crippen molar-refractivity contribution in [2.24, 2.45) is 0 Å². The number of nitro benzene ring substituents is 4. The van der Waals surface area contributed by atoms with Gasteiger partial charge in [-0.25, -0.2) is 0 Å². The van der Waals surface area contributed by atoms with Crippen LogP contribution in [0.15, 0.2) is 36.4 Å². The summed E-state index contributed by atoms with van der Waals surface area (Å²) in [6.07, 6.45) is 0. The molecular weight excluding hydrogens is 660 g/mol. The van der Waals surface area contributed by atoms with Crippen LogP contribution >= 0.6 is 0 Å². The molecule has 0 unspecified atom stereocenters. The van der Waals surface area contributed by atoms with E-state index in [1.54, 1.807) is 0 Å². The van der Waals surface area contributed by atoms with Crippen molar-refractivity contribution in [3.63, 3.8) is 0 Å². The molecule has 2 N–H and O–H groups in total. The first kappa shape index (κ1) is 40.5. The molecule has 0 aliphatic rings. The number of hydrogen-bond acceptors (Lipinski definition) is 17. The van der Waals surface area contributed by atoms with Crippen LogP contribution in [-0.4, -0.2) is 125 Å². The lowest BCUT2D eigenvalue weighted by atomic mass is 10.2. The van der Waals surface area contributed by atoms with Gasteiger partial charge in [-0.2, -0.15) is 0 Å². The molecule has 0 amide bonds. The monoisotopic (exact) mass is 700 g/mol. The molecule has 0 saturated heterocycles. The summed E-state index contributed by atoms with van der Waals surface area (Å²) in [5.74, 6) is 0. The molecule has 0 aromatic heterocycles. The standard InChI is InChI=1S/C28H40N6O15/c35-31(36)23-1-3-25(27(21-23)33(39)40)29-5-7-43-9-11-45-13-15-47-17-19-49-20-18-48-16-14-46-12-10-44-8-6-30-26-4-2-24(32(37)38)22-28(26)34(41)42/h1-4,21-22,29-30H,5-20H2. The second-order valence-corrected chi connectivity index (χ2v) is 9.57. The number of ether oxygens (including phenoxy) is 7. The quantitative estimate of drug-likeness (QED) is 0.0674. The lowest BCUT2D eigenvalue weighted by molar-refractivity contribution is -0.393. The zero-order valence-electron chi connectivity index (χ0n) is 26.7. The highest BCUT2D eigenvalue weighted by molar-refractivity contribution is 5.66. The van der Waals surface area contributed by atoms with Gasteiger partial charge in [-0.3, -0.25) is 40.5 Å². The SMILES string of the molecule is O=[N+]([O-])c1ccc(NCCOCCOCCOCCOCCOCCOCCOCCNc2ccc([N+](=O)[O-])cc2[N+](=O)[O-])c([N+](=O)[O-])c1. The average molecular weight is 701 g/mol. The molecule has 272 valence electrons. The first-order valence-corrected chi connectivity index (χ1v) is 15.1. The lowest BCUT2D eigenvalue weighted by Gasteiger charge is -2.09. The fourth-order valence-corrected chi connectivity index (χ4v) is 3.81. The number of nitrogens with zero attached hydrogens (tertiary/aromatic N) is 4. The van der Waals surface area contributed by atoms with E-state index in [4.69, 9.17) is 33.2 Å². The fourth-order valence-electron chi connectivity index (χ4n) is 3.81. The van der Waals surface area contributed by atoms with Crippen LogP contribution in [0.5, 0.6) is 0 Å². The Hall–Kier alpha value is -4.64. The van der Waals surface area contributed by atoms with Crippen molar-refractivity contribution in [3.8, 4) is 0 Å². The maximum Gasteiger partial charge on any atom is 0.299 e. The molecule has 0 atom stereocenters. The molecule has 2 aromatic rings. The summed E-state index contributed by atoms with van der Waals surface area (Å²) in [4.78, 5) is 41.1. The van der Waals surface area contributed by atoms with Crippen molar-refractivity contribution < 1.29 is 52.9 Å². The van der Waals surface area contributed by atoms with Crippen LogP contribution in [0.1, 0.15) is 0 Å². The highest BCUT2D eigenvalue weighted by atomic mass is 16.6. The van der Waals surface area contributed by atoms with E-state index in [0.717, 1.165) is 12.1 Å². The largest absolute Gasteiger partial charge is 0.377 e. The van der Waals surface area contributed by atoms with Gasteiger partial charge in [-0.05, 0) is 12.1 Å². The summed E-state index contributed by atoms with van der Waals surface area (Å²) in [6, 6.07) is 6.76. The van der Waals surface area contributed by atoms with E-state index >= 15 is 0 Å². The van der Waals surface area contributed by atoms with Gasteiger partial charge in [-0.1, -0.05) is 0 Å². The Kier molecular flexibility index (Phi) is 20.3. The Balaban J connectivity index is 1.30. The number of anilines is 2. The molecule has 2 rings (SSSR count). The molecule has 21 heteroatoms. The molecule has 0 fully saturated rings. The summed E-state index contributed by atoms with van der Waals surface area (Å²) in [6.45, 7) is 5.42. The Labute approximate surface area is 280 Å². The van der Waals surface area contributed by atoms with Gasteiger partial charge in [0.05, 0.1) is 124 Å². The predicted molar refractivity (Wildman–Crippen MR) is 172 cm³/mol. The first-order chi connectivity index (χ1) is 23.7. The minimum absolute atomic E-state index is 0.168. The topological polar surface area (TPSA) is 261 Å². The molecule has 0 spiro atoms. The zero-order valence-corrected chi connectivity index (χ0v) is 26.7. The molecule has 0 aliphatic carbocycles. The molecule has 21 nitrogen and oxygen atoms in total. The average Bonchev–Trinajstić information content (AvgIpc) is 3.07. The molecule has 0 aliphatic heterocycles. The van der Waals surface area contributed by atoms with Crippen molar-refractivity contribution in [2.45, 2.75) is 0 Å². The van der Waals surface area contributed by atoms with E-state index in [1.807, 2.05) is 0 Å². The van der Waals surface area contributed by atoms with Crippen LogP contribution in [-0.2, 0) is 33.2 Å². The Bertz CT molecular complexity index is 1220. The van der Waals surface area contributed by atoms with E-state index in [0.29, 0.717) is 79.3 Å². The zero-order chi connectivity index (χ0) is 35.7. The number of hydrogen-bond donors (Lipinski definition) is 2. The van der Waals surface area contributed by atoms with Gasteiger partial charge in [0.2, 0.25) is 0 Å². The smallest absolute Gasteiger partial charge is 0.299 e.